The van der Waals surface area contributed by atoms with Crippen molar-refractivity contribution in [3.63, 3.8) is 0 Å². The number of fused-ring (bicyclic) bond motifs is 1. The summed E-state index contributed by atoms with van der Waals surface area (Å²) in [7, 11) is 0. The molecule has 1 aliphatic heterocycles. The van der Waals surface area contributed by atoms with Gasteiger partial charge in [-0.2, -0.15) is 0 Å². The van der Waals surface area contributed by atoms with E-state index in [1.807, 2.05) is 0 Å². The molecule has 2 unspecified atom stereocenters. The number of aliphatic hydroxyl groups is 1. The minimum absolute atomic E-state index is 0.147. The summed E-state index contributed by atoms with van der Waals surface area (Å²) in [6, 6.07) is 8.52. The maximum absolute atomic E-state index is 10.2. The Hall–Kier alpha value is -0.940. The largest absolute Gasteiger partial charge is 0.389 e. The predicted octanol–water partition coefficient (Wildman–Crippen LogP) is 1.77. The second-order valence-corrected chi connectivity index (χ2v) is 5.98. The molecule has 4 nitrogen and oxygen atoms in total. The molecule has 1 saturated heterocycles. The molecular weight excluding hydrogens is 266 g/mol. The van der Waals surface area contributed by atoms with Crippen LogP contribution in [-0.4, -0.2) is 55.6 Å². The van der Waals surface area contributed by atoms with Crippen LogP contribution < -0.4 is 0 Å². The third-order valence-corrected chi connectivity index (χ3v) is 4.38. The maximum atomic E-state index is 10.2. The van der Waals surface area contributed by atoms with Crippen LogP contribution in [0.3, 0.4) is 0 Å². The molecule has 0 radical (unpaired) electrons. The first-order chi connectivity index (χ1) is 10.3. The van der Waals surface area contributed by atoms with Gasteiger partial charge in [0.05, 0.1) is 32.0 Å². The van der Waals surface area contributed by atoms with E-state index in [2.05, 4.69) is 29.2 Å². The lowest BCUT2D eigenvalue weighted by Gasteiger charge is -2.30. The first kappa shape index (κ1) is 15.0. The topological polar surface area (TPSA) is 41.9 Å². The lowest BCUT2D eigenvalue weighted by atomic mass is 9.89. The second-order valence-electron chi connectivity index (χ2n) is 5.98. The molecule has 1 fully saturated rings. The number of aryl methyl sites for hydroxylation is 1. The molecule has 4 heteroatoms. The van der Waals surface area contributed by atoms with Crippen molar-refractivity contribution in [3.05, 3.63) is 35.4 Å². The van der Waals surface area contributed by atoms with Gasteiger partial charge in [-0.1, -0.05) is 24.3 Å². The van der Waals surface area contributed by atoms with Crippen molar-refractivity contribution in [2.45, 2.75) is 31.5 Å². The van der Waals surface area contributed by atoms with Gasteiger partial charge in [0.2, 0.25) is 0 Å². The van der Waals surface area contributed by atoms with Gasteiger partial charge in [0.15, 0.2) is 0 Å². The van der Waals surface area contributed by atoms with Crippen LogP contribution in [0.5, 0.6) is 0 Å². The molecule has 1 aromatic rings. The second kappa shape index (κ2) is 7.36. The summed E-state index contributed by atoms with van der Waals surface area (Å²) >= 11 is 0. The Kier molecular flexibility index (Phi) is 5.25. The zero-order valence-corrected chi connectivity index (χ0v) is 12.5. The highest BCUT2D eigenvalue weighted by Crippen LogP contribution is 2.32. The number of hydrogen-bond donors (Lipinski definition) is 1. The Morgan fingerprint density at radius 3 is 2.95 bits per heavy atom. The van der Waals surface area contributed by atoms with Gasteiger partial charge in [-0.05, 0) is 30.4 Å². The van der Waals surface area contributed by atoms with Crippen molar-refractivity contribution in [2.75, 3.05) is 39.5 Å². The number of β-amino-alcohol motifs (C(OH)–C–C–N with tert-alkyl or cyclic N) is 1. The number of rotatable bonds is 5. The molecule has 0 amide bonds. The molecule has 0 aromatic heterocycles. The number of aliphatic hydroxyl groups excluding tert-OH is 1. The minimum atomic E-state index is -0.419. The van der Waals surface area contributed by atoms with Crippen molar-refractivity contribution in [1.82, 2.24) is 4.90 Å². The molecule has 0 saturated carbocycles. The van der Waals surface area contributed by atoms with Crippen molar-refractivity contribution in [2.24, 2.45) is 0 Å². The highest BCUT2D eigenvalue weighted by atomic mass is 16.5. The van der Waals surface area contributed by atoms with Crippen molar-refractivity contribution in [3.8, 4) is 0 Å². The summed E-state index contributed by atoms with van der Waals surface area (Å²) in [6.07, 6.45) is 3.10. The summed E-state index contributed by atoms with van der Waals surface area (Å²) < 4.78 is 11.3. The lowest BCUT2D eigenvalue weighted by Crippen LogP contribution is -2.42. The van der Waals surface area contributed by atoms with Gasteiger partial charge in [0, 0.05) is 19.6 Å². The molecule has 1 aliphatic carbocycles. The fourth-order valence-corrected chi connectivity index (χ4v) is 3.24. The summed E-state index contributed by atoms with van der Waals surface area (Å²) in [5, 5.41) is 10.2. The molecule has 3 rings (SSSR count). The maximum Gasteiger partial charge on any atom is 0.0900 e. The normalized spacial score (nSPS) is 24.5. The standard InChI is InChI=1S/C17H25NO3/c19-15(12-18-8-10-20-11-9-18)13-21-17-7-3-5-14-4-1-2-6-16(14)17/h1-2,4,6,15,17,19H,3,5,7-13H2. The summed E-state index contributed by atoms with van der Waals surface area (Å²) in [5.41, 5.74) is 2.71. The summed E-state index contributed by atoms with van der Waals surface area (Å²) in [4.78, 5) is 2.24. The number of nitrogens with zero attached hydrogens (tertiary/aromatic N) is 1. The Bertz CT molecular complexity index is 445. The van der Waals surface area contributed by atoms with E-state index in [0.29, 0.717) is 13.2 Å². The number of benzene rings is 1. The van der Waals surface area contributed by atoms with Crippen molar-refractivity contribution < 1.29 is 14.6 Å². The third kappa shape index (κ3) is 4.04. The number of morpholine rings is 1. The highest BCUT2D eigenvalue weighted by Gasteiger charge is 2.22. The Balaban J connectivity index is 1.49. The first-order valence-corrected chi connectivity index (χ1v) is 8.00. The Labute approximate surface area is 126 Å². The van der Waals surface area contributed by atoms with Gasteiger partial charge in [0.25, 0.3) is 0 Å². The fourth-order valence-electron chi connectivity index (χ4n) is 3.24. The average molecular weight is 291 g/mol. The molecule has 21 heavy (non-hydrogen) atoms. The van der Waals surface area contributed by atoms with Gasteiger partial charge in [-0.15, -0.1) is 0 Å². The molecule has 0 spiro atoms. The van der Waals surface area contributed by atoms with E-state index in [4.69, 9.17) is 9.47 Å². The quantitative estimate of drug-likeness (QED) is 0.898. The van der Waals surface area contributed by atoms with Gasteiger partial charge in [0.1, 0.15) is 0 Å². The van der Waals surface area contributed by atoms with E-state index in [0.717, 1.165) is 39.1 Å². The zero-order chi connectivity index (χ0) is 14.5. The van der Waals surface area contributed by atoms with Crippen LogP contribution in [0, 0.1) is 0 Å². The van der Waals surface area contributed by atoms with Crippen molar-refractivity contribution in [1.29, 1.82) is 0 Å². The van der Waals surface area contributed by atoms with Gasteiger partial charge >= 0.3 is 0 Å². The molecular formula is C17H25NO3. The van der Waals surface area contributed by atoms with Gasteiger partial charge in [-0.25, -0.2) is 0 Å². The minimum Gasteiger partial charge on any atom is -0.389 e. The Morgan fingerprint density at radius 2 is 2.10 bits per heavy atom. The molecule has 1 aromatic carbocycles. The molecule has 2 aliphatic rings. The highest BCUT2D eigenvalue weighted by molar-refractivity contribution is 5.31. The number of ether oxygens (including phenoxy) is 2. The van der Waals surface area contributed by atoms with E-state index in [1.54, 1.807) is 0 Å². The fraction of sp³-hybridized carbons (Fsp3) is 0.647. The zero-order valence-electron chi connectivity index (χ0n) is 12.5. The monoisotopic (exact) mass is 291 g/mol. The third-order valence-electron chi connectivity index (χ3n) is 4.38. The van der Waals surface area contributed by atoms with E-state index in [9.17, 15) is 5.11 Å². The van der Waals surface area contributed by atoms with E-state index in [1.165, 1.54) is 17.5 Å². The van der Waals surface area contributed by atoms with E-state index in [-0.39, 0.29) is 6.10 Å². The SMILES string of the molecule is OC(COC1CCCc2ccccc21)CN1CCOCC1. The summed E-state index contributed by atoms with van der Waals surface area (Å²) in [5.74, 6) is 0. The molecule has 116 valence electrons. The van der Waals surface area contributed by atoms with Crippen LogP contribution in [0.2, 0.25) is 0 Å². The average Bonchev–Trinajstić information content (AvgIpc) is 2.54. The Morgan fingerprint density at radius 1 is 1.29 bits per heavy atom. The van der Waals surface area contributed by atoms with Crippen molar-refractivity contribution >= 4 is 0 Å². The first-order valence-electron chi connectivity index (χ1n) is 8.00. The summed E-state index contributed by atoms with van der Waals surface area (Å²) in [6.45, 7) is 4.44. The van der Waals surface area contributed by atoms with Crippen LogP contribution in [0.25, 0.3) is 0 Å². The van der Waals surface area contributed by atoms with Crippen LogP contribution in [0.1, 0.15) is 30.1 Å². The molecule has 1 N–H and O–H groups in total. The molecule has 2 atom stereocenters. The lowest BCUT2D eigenvalue weighted by molar-refractivity contribution is -0.0410. The van der Waals surface area contributed by atoms with Gasteiger partial charge < -0.3 is 14.6 Å². The number of hydrogen-bond acceptors (Lipinski definition) is 4. The van der Waals surface area contributed by atoms with Gasteiger partial charge in [-0.3, -0.25) is 4.90 Å². The van der Waals surface area contributed by atoms with Crippen LogP contribution in [0.15, 0.2) is 24.3 Å². The van der Waals surface area contributed by atoms with Crippen LogP contribution >= 0.6 is 0 Å². The van der Waals surface area contributed by atoms with Crippen LogP contribution in [-0.2, 0) is 15.9 Å². The predicted molar refractivity (Wildman–Crippen MR) is 81.3 cm³/mol. The smallest absolute Gasteiger partial charge is 0.0900 e. The molecule has 1 heterocycles. The molecule has 0 bridgehead atoms. The van der Waals surface area contributed by atoms with E-state index >= 15 is 0 Å². The van der Waals surface area contributed by atoms with Crippen LogP contribution in [0.4, 0.5) is 0 Å². The van der Waals surface area contributed by atoms with E-state index < -0.39 is 6.10 Å².